The van der Waals surface area contributed by atoms with E-state index in [0.29, 0.717) is 22.3 Å². The Balaban J connectivity index is 1.79. The SMILES string of the molecule is C#CCNC(=O)/C(C#N)=c1\s/c(=C/Nc2cccc(OCCN3CCCC3)c2)c(=O)n1CC. The molecule has 1 amide bonds. The molecule has 1 aromatic heterocycles. The molecule has 172 valence electrons. The number of benzene rings is 1. The van der Waals surface area contributed by atoms with Gasteiger partial charge in [0.15, 0.2) is 5.57 Å². The number of ether oxygens (including phenoxy) is 1. The van der Waals surface area contributed by atoms with E-state index in [1.165, 1.54) is 17.4 Å². The number of aromatic nitrogens is 1. The van der Waals surface area contributed by atoms with Crippen molar-refractivity contribution in [1.29, 1.82) is 5.26 Å². The van der Waals surface area contributed by atoms with Gasteiger partial charge in [-0.3, -0.25) is 19.1 Å². The maximum atomic E-state index is 12.8. The van der Waals surface area contributed by atoms with Gasteiger partial charge in [-0.2, -0.15) is 5.26 Å². The molecule has 1 aromatic carbocycles. The Labute approximate surface area is 196 Å². The molecule has 1 aliphatic heterocycles. The summed E-state index contributed by atoms with van der Waals surface area (Å²) in [6.45, 7) is 5.91. The number of nitrogens with one attached hydrogen (secondary N) is 2. The summed E-state index contributed by atoms with van der Waals surface area (Å²) >= 11 is 1.08. The first-order valence-electron chi connectivity index (χ1n) is 10.8. The van der Waals surface area contributed by atoms with Crippen LogP contribution in [0, 0.1) is 23.7 Å². The monoisotopic (exact) mass is 465 g/mol. The predicted octanol–water partition coefficient (Wildman–Crippen LogP) is 0.678. The molecule has 2 N–H and O–H groups in total. The number of rotatable bonds is 9. The Bertz CT molecular complexity index is 1240. The van der Waals surface area contributed by atoms with E-state index in [1.807, 2.05) is 30.3 Å². The van der Waals surface area contributed by atoms with Crippen LogP contribution in [0.2, 0.25) is 0 Å². The van der Waals surface area contributed by atoms with Crippen LogP contribution in [-0.4, -0.2) is 48.2 Å². The van der Waals surface area contributed by atoms with Crippen molar-refractivity contribution in [3.63, 3.8) is 0 Å². The van der Waals surface area contributed by atoms with Gasteiger partial charge in [0, 0.05) is 31.0 Å². The number of hydrogen-bond donors (Lipinski definition) is 2. The van der Waals surface area contributed by atoms with Crippen LogP contribution < -0.4 is 30.1 Å². The fourth-order valence-electron chi connectivity index (χ4n) is 3.53. The molecule has 8 nitrogen and oxygen atoms in total. The molecule has 9 heteroatoms. The predicted molar refractivity (Wildman–Crippen MR) is 130 cm³/mol. The highest BCUT2D eigenvalue weighted by atomic mass is 32.1. The summed E-state index contributed by atoms with van der Waals surface area (Å²) in [7, 11) is 0. The number of nitriles is 1. The Kier molecular flexibility index (Phi) is 8.71. The first-order chi connectivity index (χ1) is 16.1. The molecule has 1 aliphatic rings. The number of amides is 1. The number of carbonyl (C=O) groups is 1. The normalized spacial score (nSPS) is 14.9. The van der Waals surface area contributed by atoms with E-state index in [4.69, 9.17) is 11.2 Å². The second-order valence-corrected chi connectivity index (χ2v) is 8.44. The molecule has 0 spiro atoms. The minimum absolute atomic E-state index is 0.00270. The van der Waals surface area contributed by atoms with E-state index < -0.39 is 5.91 Å². The van der Waals surface area contributed by atoms with Gasteiger partial charge in [0.2, 0.25) is 0 Å². The fourth-order valence-corrected chi connectivity index (χ4v) is 4.62. The second kappa shape index (κ2) is 11.9. The molecule has 0 atom stereocenters. The topological polar surface area (TPSA) is 99.4 Å². The lowest BCUT2D eigenvalue weighted by molar-refractivity contribution is -0.115. The van der Waals surface area contributed by atoms with Gasteiger partial charge in [-0.25, -0.2) is 0 Å². The molecule has 2 heterocycles. The van der Waals surface area contributed by atoms with E-state index in [1.54, 1.807) is 13.1 Å². The molecule has 1 fully saturated rings. The zero-order valence-corrected chi connectivity index (χ0v) is 19.4. The van der Waals surface area contributed by atoms with E-state index in [2.05, 4.69) is 21.5 Å². The van der Waals surface area contributed by atoms with Crippen molar-refractivity contribution in [3.05, 3.63) is 43.8 Å². The lowest BCUT2D eigenvalue weighted by Crippen LogP contribution is -2.34. The number of likely N-dealkylation sites (tertiary alicyclic amines) is 1. The van der Waals surface area contributed by atoms with Gasteiger partial charge in [-0.15, -0.1) is 17.8 Å². The largest absolute Gasteiger partial charge is 0.492 e. The van der Waals surface area contributed by atoms with Crippen molar-refractivity contribution in [3.8, 4) is 24.2 Å². The number of anilines is 1. The summed E-state index contributed by atoms with van der Waals surface area (Å²) in [6, 6.07) is 9.41. The number of hydrogen-bond acceptors (Lipinski definition) is 7. The first-order valence-corrected chi connectivity index (χ1v) is 11.7. The molecule has 33 heavy (non-hydrogen) atoms. The number of carbonyl (C=O) groups excluding carboxylic acids is 1. The highest BCUT2D eigenvalue weighted by Crippen LogP contribution is 2.17. The molecule has 0 saturated carbocycles. The number of thiazole rings is 1. The van der Waals surface area contributed by atoms with Crippen molar-refractivity contribution in [2.45, 2.75) is 26.3 Å². The van der Waals surface area contributed by atoms with Crippen LogP contribution in [0.25, 0.3) is 11.8 Å². The van der Waals surface area contributed by atoms with Gasteiger partial charge < -0.3 is 15.4 Å². The smallest absolute Gasteiger partial charge is 0.270 e. The molecule has 2 aromatic rings. The van der Waals surface area contributed by atoms with Crippen LogP contribution >= 0.6 is 11.3 Å². The van der Waals surface area contributed by atoms with Crippen LogP contribution in [0.1, 0.15) is 19.8 Å². The summed E-state index contributed by atoms with van der Waals surface area (Å²) in [6.07, 6.45) is 9.26. The van der Waals surface area contributed by atoms with Gasteiger partial charge in [0.05, 0.1) is 6.54 Å². The van der Waals surface area contributed by atoms with Crippen LogP contribution in [0.4, 0.5) is 5.69 Å². The molecule has 0 aliphatic carbocycles. The number of terminal acetylenes is 1. The lowest BCUT2D eigenvalue weighted by atomic mass is 10.3. The number of nitrogens with zero attached hydrogens (tertiary/aromatic N) is 3. The minimum atomic E-state index is -0.600. The van der Waals surface area contributed by atoms with Crippen molar-refractivity contribution in [1.82, 2.24) is 14.8 Å². The van der Waals surface area contributed by atoms with Gasteiger partial charge in [-0.1, -0.05) is 12.0 Å². The highest BCUT2D eigenvalue weighted by Gasteiger charge is 2.15. The molecule has 0 bridgehead atoms. The summed E-state index contributed by atoms with van der Waals surface area (Å²) in [5, 5.41) is 15.1. The van der Waals surface area contributed by atoms with Crippen LogP contribution in [0.3, 0.4) is 0 Å². The average molecular weight is 466 g/mol. The quantitative estimate of drug-likeness (QED) is 0.529. The second-order valence-electron chi connectivity index (χ2n) is 7.41. The van der Waals surface area contributed by atoms with Crippen molar-refractivity contribution in [2.75, 3.05) is 38.1 Å². The summed E-state index contributed by atoms with van der Waals surface area (Å²) in [5.74, 6) is 2.44. The summed E-state index contributed by atoms with van der Waals surface area (Å²) < 4.78 is 7.96. The van der Waals surface area contributed by atoms with Crippen molar-refractivity contribution in [2.24, 2.45) is 0 Å². The van der Waals surface area contributed by atoms with Crippen molar-refractivity contribution < 1.29 is 9.53 Å². The highest BCUT2D eigenvalue weighted by molar-refractivity contribution is 7.07. The molecule has 1 saturated heterocycles. The maximum Gasteiger partial charge on any atom is 0.270 e. The standard InChI is InChI=1S/C24H27N5O3S/c1-3-10-26-22(30)20(16-25)24-29(4-2)23(31)21(33-24)17-27-18-8-7-9-19(15-18)32-14-13-28-11-5-6-12-28/h1,7-9,15,17,27H,4-6,10-14H2,2H3,(H,26,30)/b21-17+,24-20-. The molecule has 3 rings (SSSR count). The summed E-state index contributed by atoms with van der Waals surface area (Å²) in [4.78, 5) is 27.5. The molecular weight excluding hydrogens is 438 g/mol. The Hall–Kier alpha value is -3.53. The van der Waals surface area contributed by atoms with Gasteiger partial charge in [-0.05, 0) is 45.0 Å². The van der Waals surface area contributed by atoms with Gasteiger partial charge in [0.25, 0.3) is 11.5 Å². The average Bonchev–Trinajstić information content (AvgIpc) is 3.45. The zero-order valence-electron chi connectivity index (χ0n) is 18.6. The van der Waals surface area contributed by atoms with Gasteiger partial charge in [0.1, 0.15) is 27.6 Å². The van der Waals surface area contributed by atoms with E-state index >= 15 is 0 Å². The van der Waals surface area contributed by atoms with E-state index in [0.717, 1.165) is 42.4 Å². The van der Waals surface area contributed by atoms with E-state index in [-0.39, 0.29) is 17.7 Å². The fraction of sp³-hybridized carbons (Fsp3) is 0.375. The van der Waals surface area contributed by atoms with E-state index in [9.17, 15) is 14.9 Å². The third-order valence-electron chi connectivity index (χ3n) is 5.21. The zero-order chi connectivity index (χ0) is 23.6. The molecule has 0 radical (unpaired) electrons. The summed E-state index contributed by atoms with van der Waals surface area (Å²) in [5.41, 5.74) is 0.352. The molecule has 0 unspecified atom stereocenters. The lowest BCUT2D eigenvalue weighted by Gasteiger charge is -2.15. The Morgan fingerprint density at radius 1 is 1.36 bits per heavy atom. The van der Waals surface area contributed by atoms with Gasteiger partial charge >= 0.3 is 0 Å². The first kappa shape index (κ1) is 24.1. The van der Waals surface area contributed by atoms with Crippen LogP contribution in [0.15, 0.2) is 29.1 Å². The third-order valence-corrected chi connectivity index (χ3v) is 6.34. The molecular formula is C24H27N5O3S. The van der Waals surface area contributed by atoms with Crippen LogP contribution in [-0.2, 0) is 11.3 Å². The maximum absolute atomic E-state index is 12.8. The van der Waals surface area contributed by atoms with Crippen LogP contribution in [0.5, 0.6) is 5.75 Å². The Morgan fingerprint density at radius 3 is 2.85 bits per heavy atom. The Morgan fingerprint density at radius 2 is 2.15 bits per heavy atom. The third kappa shape index (κ3) is 6.26. The minimum Gasteiger partial charge on any atom is -0.492 e. The van der Waals surface area contributed by atoms with Crippen molar-refractivity contribution >= 4 is 34.7 Å².